The van der Waals surface area contributed by atoms with Gasteiger partial charge in [-0.1, -0.05) is 36.7 Å². The molecule has 3 aromatic rings. The minimum Gasteiger partial charge on any atom is -0.490 e. The molecule has 0 radical (unpaired) electrons. The van der Waals surface area contributed by atoms with Crippen molar-refractivity contribution in [2.75, 3.05) is 50.3 Å². The molecule has 282 valence electrons. The van der Waals surface area contributed by atoms with Gasteiger partial charge in [-0.15, -0.1) is 0 Å². The normalized spacial score (nSPS) is 29.1. The topological polar surface area (TPSA) is 116 Å². The summed E-state index contributed by atoms with van der Waals surface area (Å²) in [6, 6.07) is 13.0. The lowest BCUT2D eigenvalue weighted by Crippen LogP contribution is -2.49. The van der Waals surface area contributed by atoms with Crippen molar-refractivity contribution in [2.45, 2.75) is 57.0 Å². The number of nitrogens with zero attached hydrogens (tertiary/aromatic N) is 3. The van der Waals surface area contributed by atoms with Gasteiger partial charge in [0.05, 0.1) is 41.0 Å². The van der Waals surface area contributed by atoms with Crippen molar-refractivity contribution >= 4 is 44.7 Å². The molecule has 12 heteroatoms. The molecule has 53 heavy (non-hydrogen) atoms. The van der Waals surface area contributed by atoms with Crippen LogP contribution in [-0.2, 0) is 38.1 Å². The Kier molecular flexibility index (Phi) is 10.6. The zero-order valence-corrected chi connectivity index (χ0v) is 32.4. The van der Waals surface area contributed by atoms with Crippen LogP contribution in [0.25, 0.3) is 0 Å². The van der Waals surface area contributed by atoms with E-state index in [-0.39, 0.29) is 40.0 Å². The smallest absolute Gasteiger partial charge is 0.354 e. The third-order valence-corrected chi connectivity index (χ3v) is 14.2. The number of ketones is 1. The Hall–Kier alpha value is -3.93. The molecule has 0 unspecified atom stereocenters. The van der Waals surface area contributed by atoms with E-state index in [9.17, 15) is 18.6 Å². The number of halogens is 1. The molecular formula is C41H48ClN3O7S. The van der Waals surface area contributed by atoms with Gasteiger partial charge in [0.1, 0.15) is 11.4 Å². The number of ether oxygens (including phenoxy) is 3. The Labute approximate surface area is 317 Å². The molecule has 2 aromatic carbocycles. The summed E-state index contributed by atoms with van der Waals surface area (Å²) < 4.78 is 38.1. The van der Waals surface area contributed by atoms with Gasteiger partial charge in [0.2, 0.25) is 0 Å². The molecular weight excluding hydrogens is 714 g/mol. The van der Waals surface area contributed by atoms with E-state index in [0.717, 1.165) is 49.4 Å². The Morgan fingerprint density at radius 3 is 2.72 bits per heavy atom. The van der Waals surface area contributed by atoms with Crippen molar-refractivity contribution in [3.8, 4) is 5.75 Å². The Bertz CT molecular complexity index is 2080. The number of hydrogen-bond donors (Lipinski definition) is 0. The molecule has 10 nitrogen and oxygen atoms in total. The lowest BCUT2D eigenvalue weighted by atomic mass is 9.68. The number of carbonyl (C=O) groups is 3. The maximum atomic E-state index is 14.7. The largest absolute Gasteiger partial charge is 0.490 e. The number of methoxy groups -OCH3 is 2. The van der Waals surface area contributed by atoms with Crippen molar-refractivity contribution in [2.24, 2.45) is 29.2 Å². The highest BCUT2D eigenvalue weighted by molar-refractivity contribution is 7.94. The van der Waals surface area contributed by atoms with Gasteiger partial charge in [-0.05, 0) is 104 Å². The van der Waals surface area contributed by atoms with E-state index in [2.05, 4.69) is 33.5 Å². The number of aromatic nitrogens is 1. The number of aryl methyl sites for hydroxylation is 2. The van der Waals surface area contributed by atoms with Crippen LogP contribution < -0.4 is 9.64 Å². The molecule has 1 saturated carbocycles. The van der Waals surface area contributed by atoms with Gasteiger partial charge >= 0.3 is 5.97 Å². The molecule has 2 aliphatic carbocycles. The predicted octanol–water partition coefficient (Wildman–Crippen LogP) is 7.07. The van der Waals surface area contributed by atoms with Gasteiger partial charge in [0.25, 0.3) is 5.91 Å². The average molecular weight is 762 g/mol. The number of fused-ring (bicyclic) bond motifs is 4. The average Bonchev–Trinajstić information content (AvgIpc) is 3.44. The van der Waals surface area contributed by atoms with Crippen molar-refractivity contribution in [3.05, 3.63) is 93.8 Å². The third-order valence-electron chi connectivity index (χ3n) is 11.6. The van der Waals surface area contributed by atoms with Crippen LogP contribution in [0.5, 0.6) is 5.75 Å². The Balaban J connectivity index is 1.29. The van der Waals surface area contributed by atoms with E-state index in [1.807, 2.05) is 25.1 Å². The molecule has 2 bridgehead atoms. The van der Waals surface area contributed by atoms with Crippen LogP contribution in [0.4, 0.5) is 5.69 Å². The summed E-state index contributed by atoms with van der Waals surface area (Å²) in [7, 11) is 1.26. The first-order chi connectivity index (χ1) is 25.4. The van der Waals surface area contributed by atoms with E-state index in [4.69, 9.17) is 25.8 Å². The zero-order valence-electron chi connectivity index (χ0n) is 30.8. The number of benzene rings is 2. The van der Waals surface area contributed by atoms with E-state index in [1.165, 1.54) is 35.1 Å². The quantitative estimate of drug-likeness (QED) is 0.154. The van der Waals surface area contributed by atoms with Crippen molar-refractivity contribution in [1.29, 1.82) is 0 Å². The number of esters is 1. The second-order valence-corrected chi connectivity index (χ2v) is 18.2. The molecule has 7 rings (SSSR count). The lowest BCUT2D eigenvalue weighted by Gasteiger charge is -2.46. The van der Waals surface area contributed by atoms with Gasteiger partial charge in [0, 0.05) is 60.8 Å². The van der Waals surface area contributed by atoms with Crippen LogP contribution in [0.15, 0.2) is 65.2 Å². The lowest BCUT2D eigenvalue weighted by molar-refractivity contribution is 0.0131. The summed E-state index contributed by atoms with van der Waals surface area (Å²) in [6.07, 6.45) is 11.3. The van der Waals surface area contributed by atoms with Crippen molar-refractivity contribution < 1.29 is 32.8 Å². The number of hydrogen-bond acceptors (Lipinski definition) is 8. The maximum absolute atomic E-state index is 14.7. The third kappa shape index (κ3) is 7.57. The number of amides is 1. The van der Waals surface area contributed by atoms with E-state index in [0.29, 0.717) is 37.2 Å². The Morgan fingerprint density at radius 1 is 1.13 bits per heavy atom. The number of carbonyl (C=O) groups excluding carboxylic acids is 3. The summed E-state index contributed by atoms with van der Waals surface area (Å²) in [6.45, 7) is 3.91. The summed E-state index contributed by atoms with van der Waals surface area (Å²) >= 11 is 6.46. The van der Waals surface area contributed by atoms with Crippen LogP contribution >= 0.6 is 11.6 Å². The monoisotopic (exact) mass is 761 g/mol. The zero-order chi connectivity index (χ0) is 37.5. The highest BCUT2D eigenvalue weighted by Crippen LogP contribution is 2.47. The molecule has 0 saturated heterocycles. The minimum absolute atomic E-state index is 0.0430. The number of anilines is 1. The van der Waals surface area contributed by atoms with Gasteiger partial charge in [-0.2, -0.15) is 4.36 Å². The molecule has 1 spiro atoms. The fourth-order valence-electron chi connectivity index (χ4n) is 8.78. The molecule has 6 atom stereocenters. The highest BCUT2D eigenvalue weighted by Gasteiger charge is 2.44. The number of rotatable bonds is 5. The second-order valence-electron chi connectivity index (χ2n) is 15.4. The number of Topliss-reactive ketones (excluding diaryl/α,β-unsaturated/α-hetero) is 1. The van der Waals surface area contributed by atoms with Crippen LogP contribution in [0.1, 0.15) is 81.4 Å². The Morgan fingerprint density at radius 2 is 1.96 bits per heavy atom. The fraction of sp³-hybridized carbons (Fsp3) is 0.488. The van der Waals surface area contributed by atoms with E-state index >= 15 is 0 Å². The molecule has 1 fully saturated rings. The van der Waals surface area contributed by atoms with Gasteiger partial charge in [-0.3, -0.25) is 9.59 Å². The minimum atomic E-state index is -3.39. The van der Waals surface area contributed by atoms with Gasteiger partial charge in [-0.25, -0.2) is 9.00 Å². The molecule has 1 aromatic heterocycles. The molecule has 3 heterocycles. The van der Waals surface area contributed by atoms with Crippen molar-refractivity contribution in [3.63, 3.8) is 0 Å². The molecule has 1 amide bonds. The maximum Gasteiger partial charge on any atom is 0.354 e. The first kappa shape index (κ1) is 37.4. The summed E-state index contributed by atoms with van der Waals surface area (Å²) in [5.41, 5.74) is 3.73. The molecule has 4 aliphatic rings. The first-order valence-electron chi connectivity index (χ1n) is 18.5. The van der Waals surface area contributed by atoms with Gasteiger partial charge < -0.3 is 23.7 Å². The molecule has 0 N–H and O–H groups in total. The predicted molar refractivity (Wildman–Crippen MR) is 206 cm³/mol. The molecule has 2 aliphatic heterocycles. The SMILES string of the molecule is COC(=O)c1cc(C(=O)C[S@@]2(=O)=NC(=O)c3ccc4c(c3)N(C[C@@H]3CC[C@H]3[C@@H](OC)/C=C/C[C@H](C)C2)C[C@@]2(CCCc3cc(Cl)ccc32)CO4)cn1C. The standard InChI is InChI=1S/C41H48ClN3O7S/c1-26-7-5-9-37(50-3)32-13-10-29(32)21-45-24-41(16-6-8-27-17-31(42)12-14-33(27)41)25-52-38-15-11-28(18-34(38)45)39(47)43-53(49,22-26)23-36(46)30-19-35(40(48)51-4)44(2)20-30/h5,9,11-12,14-15,17-20,26,29,32,37H,6-8,10,13,16,21-25H2,1-4H3/b9-5+/t26-,29-,32+,37-,41-,53+/m0/s1. The first-order valence-corrected chi connectivity index (χ1v) is 20.7. The highest BCUT2D eigenvalue weighted by atomic mass is 35.5. The van der Waals surface area contributed by atoms with Crippen LogP contribution in [-0.4, -0.2) is 78.0 Å². The summed E-state index contributed by atoms with van der Waals surface area (Å²) in [4.78, 5) is 42.4. The van der Waals surface area contributed by atoms with Crippen LogP contribution in [0, 0.1) is 17.8 Å². The number of allylic oxidation sites excluding steroid dienone is 1. The summed E-state index contributed by atoms with van der Waals surface area (Å²) in [5, 5.41) is 0.730. The summed E-state index contributed by atoms with van der Waals surface area (Å²) in [5.74, 6) is -0.877. The second kappa shape index (κ2) is 15.1. The van der Waals surface area contributed by atoms with E-state index in [1.54, 1.807) is 20.2 Å². The van der Waals surface area contributed by atoms with Crippen LogP contribution in [0.3, 0.4) is 0 Å². The fourth-order valence-corrected chi connectivity index (χ4v) is 11.2. The van der Waals surface area contributed by atoms with Crippen molar-refractivity contribution in [1.82, 2.24) is 4.57 Å². The van der Waals surface area contributed by atoms with Crippen LogP contribution in [0.2, 0.25) is 5.02 Å². The van der Waals surface area contributed by atoms with E-state index < -0.39 is 33.1 Å². The van der Waals surface area contributed by atoms with Gasteiger partial charge in [0.15, 0.2) is 5.78 Å².